The first-order chi connectivity index (χ1) is 20.7. The van der Waals surface area contributed by atoms with E-state index in [1.165, 1.54) is 6.92 Å². The molecule has 0 spiro atoms. The molecule has 1 saturated carbocycles. The number of phenols is 1. The molecule has 5 rings (SSSR count). The van der Waals surface area contributed by atoms with E-state index < -0.39 is 64.1 Å². The van der Waals surface area contributed by atoms with Crippen LogP contribution in [0.4, 0.5) is 16.2 Å². The lowest BCUT2D eigenvalue weighted by molar-refractivity contribution is -0.133. The number of amides is 3. The van der Waals surface area contributed by atoms with Crippen molar-refractivity contribution in [2.45, 2.75) is 26.3 Å². The van der Waals surface area contributed by atoms with Crippen molar-refractivity contribution in [1.82, 2.24) is 5.32 Å². The van der Waals surface area contributed by atoms with E-state index >= 15 is 0 Å². The van der Waals surface area contributed by atoms with Crippen LogP contribution >= 0.6 is 0 Å². The van der Waals surface area contributed by atoms with Crippen molar-refractivity contribution in [3.8, 4) is 5.75 Å². The number of anilines is 2. The molecule has 3 aliphatic rings. The number of benzene rings is 2. The van der Waals surface area contributed by atoms with E-state index in [9.17, 15) is 39.3 Å². The van der Waals surface area contributed by atoms with Crippen molar-refractivity contribution in [1.29, 1.82) is 5.41 Å². The number of nitrogens with zero attached hydrogens (tertiary/aromatic N) is 1. The van der Waals surface area contributed by atoms with Crippen LogP contribution in [-0.4, -0.2) is 64.4 Å². The zero-order chi connectivity index (χ0) is 32.2. The number of carbonyl (C=O) groups is 5. The number of Topliss-reactive ketones (excluding diaryl/α,β-unsaturated/α-hetero) is 3. The van der Waals surface area contributed by atoms with Gasteiger partial charge in [-0.25, -0.2) is 4.79 Å². The van der Waals surface area contributed by atoms with Gasteiger partial charge in [-0.2, -0.15) is 0 Å². The highest BCUT2D eigenvalue weighted by Crippen LogP contribution is 2.51. The third kappa shape index (κ3) is 4.85. The average molecular weight is 602 g/mol. The quantitative estimate of drug-likeness (QED) is 0.147. The minimum Gasteiger partial charge on any atom is -0.507 e. The first-order valence-corrected chi connectivity index (χ1v) is 13.8. The molecule has 0 aliphatic heterocycles. The Morgan fingerprint density at radius 1 is 1.05 bits per heavy atom. The maximum Gasteiger partial charge on any atom is 0.319 e. The number of urea groups is 1. The highest BCUT2D eigenvalue weighted by molar-refractivity contribution is 6.33. The Bertz CT molecular complexity index is 1740. The number of fused-ring (bicyclic) bond motifs is 3. The Labute approximate surface area is 251 Å². The minimum absolute atomic E-state index is 0.0156. The van der Waals surface area contributed by atoms with Gasteiger partial charge < -0.3 is 42.0 Å². The lowest BCUT2D eigenvalue weighted by Crippen LogP contribution is -2.50. The first kappa shape index (κ1) is 30.0. The van der Waals surface area contributed by atoms with E-state index in [-0.39, 0.29) is 47.6 Å². The number of rotatable bonds is 6. The van der Waals surface area contributed by atoms with Crippen molar-refractivity contribution in [3.63, 3.8) is 0 Å². The minimum atomic E-state index is -1.52. The second-order valence-corrected chi connectivity index (χ2v) is 11.3. The number of primary amides is 1. The molecule has 0 radical (unpaired) electrons. The van der Waals surface area contributed by atoms with Crippen LogP contribution in [0.3, 0.4) is 0 Å². The number of hydrogen-bond donors (Lipinski definition) is 7. The number of hydrogen-bond acceptors (Lipinski definition) is 10. The molecule has 1 fully saturated rings. The molecule has 13 nitrogen and oxygen atoms in total. The van der Waals surface area contributed by atoms with Crippen LogP contribution < -0.4 is 21.3 Å². The molecule has 13 heteroatoms. The van der Waals surface area contributed by atoms with Gasteiger partial charge in [0.15, 0.2) is 23.1 Å². The maximum atomic E-state index is 13.7. The van der Waals surface area contributed by atoms with Crippen LogP contribution in [0.15, 0.2) is 47.2 Å². The van der Waals surface area contributed by atoms with Crippen molar-refractivity contribution in [3.05, 3.63) is 69.5 Å². The number of carbonyl (C=O) groups excluding carboxylic acids is 5. The van der Waals surface area contributed by atoms with Gasteiger partial charge >= 0.3 is 6.03 Å². The second-order valence-electron chi connectivity index (χ2n) is 11.3. The smallest absolute Gasteiger partial charge is 0.319 e. The summed E-state index contributed by atoms with van der Waals surface area (Å²) in [6.45, 7) is 1.27. The second kappa shape index (κ2) is 11.0. The molecule has 0 aromatic heterocycles. The number of nitrogens with one attached hydrogen (secondary N) is 3. The van der Waals surface area contributed by atoms with Crippen molar-refractivity contribution in [2.24, 2.45) is 23.5 Å². The summed E-state index contributed by atoms with van der Waals surface area (Å²) in [5.41, 5.74) is 6.16. The van der Waals surface area contributed by atoms with Crippen molar-refractivity contribution in [2.75, 3.05) is 24.3 Å². The molecular formula is C31H31N5O8. The van der Waals surface area contributed by atoms with E-state index in [4.69, 9.17) is 11.1 Å². The van der Waals surface area contributed by atoms with Gasteiger partial charge in [0.1, 0.15) is 17.1 Å². The Kier molecular flexibility index (Phi) is 7.49. The summed E-state index contributed by atoms with van der Waals surface area (Å²) < 4.78 is 0. The average Bonchev–Trinajstić information content (AvgIpc) is 2.95. The summed E-state index contributed by atoms with van der Waals surface area (Å²) in [7, 11) is 3.51. The molecule has 3 aliphatic carbocycles. The molecule has 44 heavy (non-hydrogen) atoms. The number of allylic oxidation sites excluding steroid dienone is 2. The summed E-state index contributed by atoms with van der Waals surface area (Å²) >= 11 is 0. The van der Waals surface area contributed by atoms with E-state index in [1.54, 1.807) is 49.3 Å². The lowest BCUT2D eigenvalue weighted by atomic mass is 9.60. The topological polar surface area (TPSA) is 223 Å². The molecule has 0 bridgehead atoms. The van der Waals surface area contributed by atoms with Crippen molar-refractivity contribution >= 4 is 52.1 Å². The first-order valence-electron chi connectivity index (χ1n) is 13.8. The highest BCUT2D eigenvalue weighted by Gasteiger charge is 2.54. The third-order valence-electron chi connectivity index (χ3n) is 8.41. The number of aromatic hydroxyl groups is 1. The molecule has 0 saturated heterocycles. The van der Waals surface area contributed by atoms with E-state index in [2.05, 4.69) is 10.6 Å². The Morgan fingerprint density at radius 3 is 2.30 bits per heavy atom. The normalized spacial score (nSPS) is 20.9. The highest BCUT2D eigenvalue weighted by atomic mass is 16.3. The van der Waals surface area contributed by atoms with Crippen LogP contribution in [-0.2, 0) is 27.3 Å². The zero-order valence-corrected chi connectivity index (χ0v) is 24.1. The SMILES string of the molecule is CC(=O)c1ccc(NC(=O)NCc2cc(N(C)C)c3c(c2O)C(O)=C2C(=O)C4C(=O)C(C(N)=O)=C(O)C(=N)C4CC2C3)cc1. The lowest BCUT2D eigenvalue weighted by Gasteiger charge is -2.41. The van der Waals surface area contributed by atoms with Gasteiger partial charge in [0, 0.05) is 54.6 Å². The molecular weight excluding hydrogens is 570 g/mol. The monoisotopic (exact) mass is 601 g/mol. The van der Waals surface area contributed by atoms with Crippen LogP contribution in [0, 0.1) is 23.2 Å². The van der Waals surface area contributed by atoms with E-state index in [1.807, 2.05) is 0 Å². The van der Waals surface area contributed by atoms with Crippen LogP contribution in [0.2, 0.25) is 0 Å². The summed E-state index contributed by atoms with van der Waals surface area (Å²) in [5.74, 6) is -8.12. The number of nitrogens with two attached hydrogens (primary N) is 1. The van der Waals surface area contributed by atoms with Crippen LogP contribution in [0.25, 0.3) is 5.76 Å². The van der Waals surface area contributed by atoms with Crippen LogP contribution in [0.1, 0.15) is 40.4 Å². The molecule has 3 amide bonds. The number of aliphatic hydroxyl groups excluding tert-OH is 2. The third-order valence-corrected chi connectivity index (χ3v) is 8.41. The number of aliphatic hydroxyl groups is 2. The van der Waals surface area contributed by atoms with E-state index in [0.29, 0.717) is 22.5 Å². The predicted octanol–water partition coefficient (Wildman–Crippen LogP) is 2.53. The summed E-state index contributed by atoms with van der Waals surface area (Å²) in [6, 6.07) is 7.36. The van der Waals surface area contributed by atoms with Gasteiger partial charge in [-0.3, -0.25) is 19.2 Å². The van der Waals surface area contributed by atoms with Crippen LogP contribution in [0.5, 0.6) is 5.75 Å². The van der Waals surface area contributed by atoms with Gasteiger partial charge in [0.25, 0.3) is 5.91 Å². The Balaban J connectivity index is 1.48. The zero-order valence-electron chi connectivity index (χ0n) is 24.1. The molecule has 0 heterocycles. The van der Waals surface area contributed by atoms with Gasteiger partial charge in [-0.1, -0.05) is 0 Å². The van der Waals surface area contributed by atoms with Gasteiger partial charge in [-0.05, 0) is 61.6 Å². The molecule has 3 atom stereocenters. The van der Waals surface area contributed by atoms with Crippen molar-refractivity contribution < 1.29 is 39.3 Å². The predicted molar refractivity (Wildman–Crippen MR) is 160 cm³/mol. The fourth-order valence-electron chi connectivity index (χ4n) is 6.28. The Morgan fingerprint density at radius 2 is 1.70 bits per heavy atom. The fraction of sp³-hybridized carbons (Fsp3) is 0.290. The molecule has 2 aromatic carbocycles. The fourth-order valence-corrected chi connectivity index (χ4v) is 6.28. The summed E-state index contributed by atoms with van der Waals surface area (Å²) in [6.07, 6.45) is 0.226. The van der Waals surface area contributed by atoms with Gasteiger partial charge in [0.05, 0.1) is 17.2 Å². The standard InChI is InChI=1S/C31H31N5O8/c1-12(37)13-4-6-16(7-5-13)35-31(44)34-11-15-10-19(36(2)3)17-8-14-9-18-22(27(40)20(14)26(39)21(17)25(15)38)28(41)23(30(33)43)29(42)24(18)32/h4-7,10,14,18,22,32,38-39,42H,8-9,11H2,1-3H3,(H2,33,43)(H2,34,35,44). The number of phenolic OH excluding ortho intramolecular Hbond substituents is 1. The van der Waals surface area contributed by atoms with Gasteiger partial charge in [-0.15, -0.1) is 0 Å². The molecule has 2 aromatic rings. The van der Waals surface area contributed by atoms with Gasteiger partial charge in [0.2, 0.25) is 0 Å². The molecule has 8 N–H and O–H groups in total. The Hall–Kier alpha value is -5.46. The molecule has 3 unspecified atom stereocenters. The summed E-state index contributed by atoms with van der Waals surface area (Å²) in [5, 5.41) is 46.8. The number of ketones is 3. The molecule has 228 valence electrons. The maximum absolute atomic E-state index is 13.7. The largest absolute Gasteiger partial charge is 0.507 e. The summed E-state index contributed by atoms with van der Waals surface area (Å²) in [4.78, 5) is 64.6. The van der Waals surface area contributed by atoms with E-state index in [0.717, 1.165) is 0 Å².